The van der Waals surface area contributed by atoms with Gasteiger partial charge in [0.2, 0.25) is 0 Å². The molecule has 6 atom stereocenters. The maximum absolute atomic E-state index is 12.5. The van der Waals surface area contributed by atoms with E-state index >= 15 is 0 Å². The van der Waals surface area contributed by atoms with Gasteiger partial charge in [0.15, 0.2) is 0 Å². The summed E-state index contributed by atoms with van der Waals surface area (Å²) in [6, 6.07) is 5.76. The lowest BCUT2D eigenvalue weighted by atomic mass is 9.56. The lowest BCUT2D eigenvalue weighted by Crippen LogP contribution is -2.42. The summed E-state index contributed by atoms with van der Waals surface area (Å²) in [5, 5.41) is 20.4. The van der Waals surface area contributed by atoms with E-state index in [-0.39, 0.29) is 18.0 Å². The van der Waals surface area contributed by atoms with E-state index in [1.807, 2.05) is 6.07 Å². The number of aryl methyl sites for hydroxylation is 1. The molecule has 1 aromatic carbocycles. The van der Waals surface area contributed by atoms with Crippen molar-refractivity contribution in [1.82, 2.24) is 0 Å². The number of ether oxygens (including phenoxy) is 1. The summed E-state index contributed by atoms with van der Waals surface area (Å²) in [7, 11) is 0. The Hall–Kier alpha value is -1.55. The first-order valence-electron chi connectivity index (χ1n) is 10.7. The van der Waals surface area contributed by atoms with Crippen LogP contribution in [0.15, 0.2) is 18.2 Å². The third-order valence-electron chi connectivity index (χ3n) is 7.36. The first-order chi connectivity index (χ1) is 13.1. The fourth-order valence-corrected chi connectivity index (χ4v) is 6.20. The molecule has 0 bridgehead atoms. The molecule has 0 aliphatic heterocycles. The highest BCUT2D eigenvalue weighted by atomic mass is 16.5. The summed E-state index contributed by atoms with van der Waals surface area (Å²) in [4.78, 5) is 12.5. The summed E-state index contributed by atoms with van der Waals surface area (Å²) >= 11 is 0. The first-order valence-corrected chi connectivity index (χ1v) is 10.7. The van der Waals surface area contributed by atoms with Gasteiger partial charge in [-0.2, -0.15) is 0 Å². The number of carbonyl (C=O) groups is 1. The van der Waals surface area contributed by atoms with Gasteiger partial charge in [0.1, 0.15) is 5.75 Å². The molecule has 27 heavy (non-hydrogen) atoms. The largest absolute Gasteiger partial charge is 0.508 e. The van der Waals surface area contributed by atoms with E-state index in [0.29, 0.717) is 42.4 Å². The molecule has 0 aromatic heterocycles. The number of fused-ring (bicyclic) bond motifs is 5. The molecule has 148 valence electrons. The molecule has 2 N–H and O–H groups in total. The van der Waals surface area contributed by atoms with Gasteiger partial charge < -0.3 is 14.9 Å². The number of esters is 1. The van der Waals surface area contributed by atoms with Gasteiger partial charge in [-0.25, -0.2) is 0 Å². The van der Waals surface area contributed by atoms with Gasteiger partial charge in [-0.3, -0.25) is 4.79 Å². The van der Waals surface area contributed by atoms with Crippen LogP contribution >= 0.6 is 0 Å². The van der Waals surface area contributed by atoms with Crippen molar-refractivity contribution in [3.05, 3.63) is 29.3 Å². The zero-order valence-electron chi connectivity index (χ0n) is 16.3. The molecule has 4 heteroatoms. The number of aromatic hydroxyl groups is 1. The number of carbonyl (C=O) groups excluding carboxylic acids is 1. The Kier molecular flexibility index (Phi) is 5.45. The van der Waals surface area contributed by atoms with E-state index < -0.39 is 0 Å². The second-order valence-corrected chi connectivity index (χ2v) is 8.86. The zero-order chi connectivity index (χ0) is 19.0. The standard InChI is InChI=1S/C23H32O4/c1-2-3-10-27-22(26)13-15-12-20-18(8-9-21(20)25)19-6-4-14-11-16(24)5-7-17(14)23(15)19/h5,7,11,15,18-21,23-25H,2-4,6,8-10,12-13H2,1H3/t15-,18?,19?,20?,21+,23?/m1/s1. The van der Waals surface area contributed by atoms with Crippen LogP contribution < -0.4 is 0 Å². The van der Waals surface area contributed by atoms with Crippen LogP contribution in [0.4, 0.5) is 0 Å². The van der Waals surface area contributed by atoms with Crippen molar-refractivity contribution in [3.63, 3.8) is 0 Å². The fraction of sp³-hybridized carbons (Fsp3) is 0.696. The summed E-state index contributed by atoms with van der Waals surface area (Å²) < 4.78 is 5.47. The Morgan fingerprint density at radius 2 is 2.04 bits per heavy atom. The van der Waals surface area contributed by atoms with Crippen LogP contribution in [0.2, 0.25) is 0 Å². The minimum atomic E-state index is -0.212. The van der Waals surface area contributed by atoms with Crippen LogP contribution in [0.5, 0.6) is 5.75 Å². The molecule has 2 saturated carbocycles. The summed E-state index contributed by atoms with van der Waals surface area (Å²) in [6.07, 6.45) is 7.16. The summed E-state index contributed by atoms with van der Waals surface area (Å²) in [5.74, 6) is 2.24. The highest BCUT2D eigenvalue weighted by Crippen LogP contribution is 2.58. The van der Waals surface area contributed by atoms with E-state index in [0.717, 1.165) is 44.9 Å². The molecule has 1 aromatic rings. The SMILES string of the molecule is CCCCOC(=O)C[C@H]1CC2C(CC[C@@H]2O)C2CCc3cc(O)ccc3C21. The molecule has 3 aliphatic carbocycles. The number of benzene rings is 1. The molecule has 0 saturated heterocycles. The first kappa shape index (κ1) is 18.8. The molecule has 2 fully saturated rings. The Bertz CT molecular complexity index is 685. The average molecular weight is 373 g/mol. The predicted molar refractivity (Wildman–Crippen MR) is 103 cm³/mol. The second-order valence-electron chi connectivity index (χ2n) is 8.86. The number of rotatable bonds is 5. The van der Waals surface area contributed by atoms with Crippen molar-refractivity contribution in [2.45, 2.75) is 70.3 Å². The topological polar surface area (TPSA) is 66.8 Å². The van der Waals surface area contributed by atoms with E-state index in [2.05, 4.69) is 13.0 Å². The van der Waals surface area contributed by atoms with Gasteiger partial charge >= 0.3 is 5.97 Å². The normalized spacial score (nSPS) is 34.4. The molecule has 4 nitrogen and oxygen atoms in total. The average Bonchev–Trinajstić information content (AvgIpc) is 3.02. The van der Waals surface area contributed by atoms with Gasteiger partial charge in [-0.05, 0) is 91.4 Å². The highest BCUT2D eigenvalue weighted by molar-refractivity contribution is 5.70. The Morgan fingerprint density at radius 3 is 2.85 bits per heavy atom. The maximum atomic E-state index is 12.5. The van der Waals surface area contributed by atoms with Crippen molar-refractivity contribution >= 4 is 5.97 Å². The highest BCUT2D eigenvalue weighted by Gasteiger charge is 2.51. The number of aliphatic hydroxyl groups excluding tert-OH is 1. The molecule has 0 spiro atoms. The molecule has 0 amide bonds. The lowest BCUT2D eigenvalue weighted by Gasteiger charge is -2.49. The summed E-state index contributed by atoms with van der Waals surface area (Å²) in [5.41, 5.74) is 2.55. The number of phenolic OH excluding ortho intramolecular Hbond substituents is 1. The third-order valence-corrected chi connectivity index (χ3v) is 7.36. The van der Waals surface area contributed by atoms with Crippen LogP contribution in [0.3, 0.4) is 0 Å². The Morgan fingerprint density at radius 1 is 1.19 bits per heavy atom. The van der Waals surface area contributed by atoms with Crippen LogP contribution in [0, 0.1) is 23.7 Å². The molecule has 4 unspecified atom stereocenters. The van der Waals surface area contributed by atoms with Crippen molar-refractivity contribution in [1.29, 1.82) is 0 Å². The number of hydrogen-bond acceptors (Lipinski definition) is 4. The van der Waals surface area contributed by atoms with Crippen molar-refractivity contribution in [2.75, 3.05) is 6.61 Å². The van der Waals surface area contributed by atoms with Crippen LogP contribution in [0.1, 0.15) is 68.9 Å². The molecule has 0 radical (unpaired) electrons. The molecule has 0 heterocycles. The van der Waals surface area contributed by atoms with Crippen LogP contribution in [0.25, 0.3) is 0 Å². The van der Waals surface area contributed by atoms with Crippen LogP contribution in [-0.4, -0.2) is 28.9 Å². The van der Waals surface area contributed by atoms with E-state index in [1.54, 1.807) is 6.07 Å². The van der Waals surface area contributed by atoms with Gasteiger partial charge in [-0.15, -0.1) is 0 Å². The van der Waals surface area contributed by atoms with Crippen molar-refractivity contribution in [3.8, 4) is 5.75 Å². The number of phenols is 1. The van der Waals surface area contributed by atoms with Gasteiger partial charge in [0.05, 0.1) is 12.7 Å². The third kappa shape index (κ3) is 3.61. The van der Waals surface area contributed by atoms with Crippen molar-refractivity contribution in [2.24, 2.45) is 23.7 Å². The van der Waals surface area contributed by atoms with E-state index in [4.69, 9.17) is 4.74 Å². The molecule has 4 rings (SSSR count). The lowest BCUT2D eigenvalue weighted by molar-refractivity contribution is -0.146. The fourth-order valence-electron chi connectivity index (χ4n) is 6.20. The second kappa shape index (κ2) is 7.83. The van der Waals surface area contributed by atoms with Crippen LogP contribution in [-0.2, 0) is 16.0 Å². The monoisotopic (exact) mass is 372 g/mol. The molecule has 3 aliphatic rings. The predicted octanol–water partition coefficient (Wildman–Crippen LogP) is 4.18. The van der Waals surface area contributed by atoms with Gasteiger partial charge in [0, 0.05) is 6.42 Å². The Labute approximate surface area is 161 Å². The zero-order valence-corrected chi connectivity index (χ0v) is 16.3. The number of hydrogen-bond donors (Lipinski definition) is 2. The Balaban J connectivity index is 1.60. The minimum absolute atomic E-state index is 0.0935. The number of aliphatic hydroxyl groups is 1. The van der Waals surface area contributed by atoms with Gasteiger partial charge in [-0.1, -0.05) is 19.4 Å². The molecular formula is C23H32O4. The number of unbranched alkanes of at least 4 members (excludes halogenated alkanes) is 1. The van der Waals surface area contributed by atoms with Gasteiger partial charge in [0.25, 0.3) is 0 Å². The molecular weight excluding hydrogens is 340 g/mol. The minimum Gasteiger partial charge on any atom is -0.508 e. The quantitative estimate of drug-likeness (QED) is 0.601. The maximum Gasteiger partial charge on any atom is 0.306 e. The summed E-state index contributed by atoms with van der Waals surface area (Å²) in [6.45, 7) is 2.60. The van der Waals surface area contributed by atoms with E-state index in [1.165, 1.54) is 11.1 Å². The van der Waals surface area contributed by atoms with E-state index in [9.17, 15) is 15.0 Å². The van der Waals surface area contributed by atoms with Crippen molar-refractivity contribution < 1.29 is 19.7 Å². The smallest absolute Gasteiger partial charge is 0.306 e.